The maximum absolute atomic E-state index is 11.9. The fraction of sp³-hybridized carbons (Fsp3) is 0.259. The molecule has 1 fully saturated rings. The van der Waals surface area contributed by atoms with Crippen LogP contribution in [0.25, 0.3) is 22.5 Å². The Kier molecular flexibility index (Phi) is 7.74. The van der Waals surface area contributed by atoms with Gasteiger partial charge in [0.15, 0.2) is 6.39 Å². The number of nitriles is 1. The average molecular weight is 595 g/mol. The SMILES string of the molecule is COC(=O)c1cc(Br)c(COc2nc(-c3ccc(N4CCOCC4)cc3)cc(-c3ncoc3C)c2C#N)s1. The second-order valence-electron chi connectivity index (χ2n) is 8.41. The predicted octanol–water partition coefficient (Wildman–Crippen LogP) is 5.61. The van der Waals surface area contributed by atoms with Gasteiger partial charge >= 0.3 is 5.97 Å². The molecule has 0 spiro atoms. The number of carbonyl (C=O) groups excluding carboxylic acids is 1. The Labute approximate surface area is 231 Å². The number of carbonyl (C=O) groups is 1. The van der Waals surface area contributed by atoms with Crippen LogP contribution < -0.4 is 9.64 Å². The number of aromatic nitrogens is 2. The Morgan fingerprint density at radius 1 is 1.24 bits per heavy atom. The number of rotatable bonds is 7. The first-order valence-corrected chi connectivity index (χ1v) is 13.4. The minimum absolute atomic E-state index is 0.0978. The lowest BCUT2D eigenvalue weighted by atomic mass is 10.0. The topological polar surface area (TPSA) is 111 Å². The Morgan fingerprint density at radius 3 is 2.66 bits per heavy atom. The van der Waals surface area contributed by atoms with Crippen LogP contribution in [0, 0.1) is 18.3 Å². The van der Waals surface area contributed by atoms with Gasteiger partial charge in [0.25, 0.3) is 0 Å². The summed E-state index contributed by atoms with van der Waals surface area (Å²) in [6, 6.07) is 13.8. The van der Waals surface area contributed by atoms with Gasteiger partial charge in [-0.1, -0.05) is 12.1 Å². The van der Waals surface area contributed by atoms with Gasteiger partial charge in [-0.15, -0.1) is 11.3 Å². The highest BCUT2D eigenvalue weighted by Gasteiger charge is 2.22. The molecule has 0 unspecified atom stereocenters. The summed E-state index contributed by atoms with van der Waals surface area (Å²) in [6.07, 6.45) is 1.35. The van der Waals surface area contributed by atoms with Crippen LogP contribution in [0.1, 0.15) is 25.9 Å². The standard InChI is InChI=1S/C27H23BrN4O5S/c1-16-25(30-15-37-16)19-11-22(17-3-5-18(6-4-17)32-7-9-35-10-8-32)31-26(20(19)13-29)36-14-24-21(28)12-23(38-24)27(33)34-2/h3-6,11-12,15H,7-10,14H2,1-2H3. The van der Waals surface area contributed by atoms with Crippen LogP contribution in [0.15, 0.2) is 51.7 Å². The molecule has 0 bridgehead atoms. The van der Waals surface area contributed by atoms with Gasteiger partial charge in [0.1, 0.15) is 34.6 Å². The van der Waals surface area contributed by atoms with Gasteiger partial charge in [-0.05, 0) is 47.1 Å². The summed E-state index contributed by atoms with van der Waals surface area (Å²) in [5.74, 6) is 0.319. The zero-order chi connectivity index (χ0) is 26.6. The van der Waals surface area contributed by atoms with Crippen molar-refractivity contribution in [2.45, 2.75) is 13.5 Å². The number of benzene rings is 1. The van der Waals surface area contributed by atoms with Crippen LogP contribution in [0.5, 0.6) is 5.88 Å². The summed E-state index contributed by atoms with van der Waals surface area (Å²) in [6.45, 7) is 5.00. The molecule has 9 nitrogen and oxygen atoms in total. The second kappa shape index (κ2) is 11.3. The minimum atomic E-state index is -0.427. The fourth-order valence-corrected chi connectivity index (χ4v) is 5.76. The van der Waals surface area contributed by atoms with E-state index in [4.69, 9.17) is 23.6 Å². The number of esters is 1. The lowest BCUT2D eigenvalue weighted by Crippen LogP contribution is -2.36. The Bertz CT molecular complexity index is 1500. The minimum Gasteiger partial charge on any atom is -0.471 e. The van der Waals surface area contributed by atoms with Crippen molar-refractivity contribution in [3.63, 3.8) is 0 Å². The average Bonchev–Trinajstić information content (AvgIpc) is 3.56. The number of methoxy groups -OCH3 is 1. The van der Waals surface area contributed by atoms with E-state index in [2.05, 4.69) is 44.0 Å². The van der Waals surface area contributed by atoms with Gasteiger partial charge < -0.3 is 23.5 Å². The molecular weight excluding hydrogens is 572 g/mol. The Hall–Kier alpha value is -3.72. The molecular formula is C27H23BrN4O5S. The van der Waals surface area contributed by atoms with Crippen LogP contribution in [-0.4, -0.2) is 49.4 Å². The van der Waals surface area contributed by atoms with Gasteiger partial charge in [-0.3, -0.25) is 0 Å². The van der Waals surface area contributed by atoms with Crippen molar-refractivity contribution in [1.82, 2.24) is 9.97 Å². The number of nitrogens with zero attached hydrogens (tertiary/aromatic N) is 4. The number of anilines is 1. The number of oxazole rings is 1. The monoisotopic (exact) mass is 594 g/mol. The first-order chi connectivity index (χ1) is 18.5. The maximum Gasteiger partial charge on any atom is 0.348 e. The summed E-state index contributed by atoms with van der Waals surface area (Å²) in [7, 11) is 1.33. The van der Waals surface area contributed by atoms with E-state index in [0.717, 1.165) is 29.2 Å². The van der Waals surface area contributed by atoms with E-state index < -0.39 is 5.97 Å². The van der Waals surface area contributed by atoms with Crippen molar-refractivity contribution in [1.29, 1.82) is 5.26 Å². The lowest BCUT2D eigenvalue weighted by molar-refractivity contribution is 0.0606. The van der Waals surface area contributed by atoms with Crippen LogP contribution in [0.3, 0.4) is 0 Å². The molecule has 1 aliphatic heterocycles. The van der Waals surface area contributed by atoms with E-state index in [-0.39, 0.29) is 18.1 Å². The molecule has 194 valence electrons. The zero-order valence-corrected chi connectivity index (χ0v) is 23.1. The van der Waals surface area contributed by atoms with Crippen molar-refractivity contribution in [3.05, 3.63) is 68.3 Å². The second-order valence-corrected chi connectivity index (χ2v) is 10.4. The Balaban J connectivity index is 1.52. The fourth-order valence-electron chi connectivity index (χ4n) is 4.14. The zero-order valence-electron chi connectivity index (χ0n) is 20.7. The van der Waals surface area contributed by atoms with Gasteiger partial charge in [0.05, 0.1) is 30.9 Å². The summed E-state index contributed by atoms with van der Waals surface area (Å²) in [4.78, 5) is 24.5. The molecule has 38 heavy (non-hydrogen) atoms. The molecule has 1 aromatic carbocycles. The summed E-state index contributed by atoms with van der Waals surface area (Å²) in [5, 5.41) is 10.1. The van der Waals surface area contributed by atoms with Crippen LogP contribution >= 0.6 is 27.3 Å². The molecule has 1 aliphatic rings. The number of hydrogen-bond acceptors (Lipinski definition) is 10. The summed E-state index contributed by atoms with van der Waals surface area (Å²) in [5.41, 5.74) is 3.96. The molecule has 0 amide bonds. The third-order valence-electron chi connectivity index (χ3n) is 6.12. The lowest BCUT2D eigenvalue weighted by Gasteiger charge is -2.28. The highest BCUT2D eigenvalue weighted by atomic mass is 79.9. The molecule has 0 aliphatic carbocycles. The molecule has 5 rings (SSSR count). The van der Waals surface area contributed by atoms with E-state index >= 15 is 0 Å². The van der Waals surface area contributed by atoms with Crippen molar-refractivity contribution < 1.29 is 23.4 Å². The third-order valence-corrected chi connectivity index (χ3v) is 8.18. The molecule has 1 saturated heterocycles. The molecule has 11 heteroatoms. The quantitative estimate of drug-likeness (QED) is 0.252. The van der Waals surface area contributed by atoms with E-state index in [0.29, 0.717) is 45.3 Å². The van der Waals surface area contributed by atoms with Crippen molar-refractivity contribution in [2.75, 3.05) is 38.3 Å². The van der Waals surface area contributed by atoms with Crippen LogP contribution in [-0.2, 0) is 16.1 Å². The van der Waals surface area contributed by atoms with Crippen molar-refractivity contribution in [3.8, 4) is 34.5 Å². The van der Waals surface area contributed by atoms with Gasteiger partial charge in [0.2, 0.25) is 5.88 Å². The number of morpholine rings is 1. The first kappa shape index (κ1) is 25.9. The van der Waals surface area contributed by atoms with Crippen molar-refractivity contribution >= 4 is 38.9 Å². The van der Waals surface area contributed by atoms with E-state index in [9.17, 15) is 10.1 Å². The van der Waals surface area contributed by atoms with Gasteiger partial charge in [-0.25, -0.2) is 14.8 Å². The number of ether oxygens (including phenoxy) is 3. The van der Waals surface area contributed by atoms with Gasteiger partial charge in [-0.2, -0.15) is 5.26 Å². The molecule has 3 aromatic heterocycles. The first-order valence-electron chi connectivity index (χ1n) is 11.8. The molecule has 0 atom stereocenters. The largest absolute Gasteiger partial charge is 0.471 e. The Morgan fingerprint density at radius 2 is 2.00 bits per heavy atom. The number of thiophene rings is 1. The molecule has 4 heterocycles. The summed E-state index contributed by atoms with van der Waals surface area (Å²) >= 11 is 4.72. The van der Waals surface area contributed by atoms with Gasteiger partial charge in [0, 0.05) is 34.4 Å². The van der Waals surface area contributed by atoms with Crippen molar-refractivity contribution in [2.24, 2.45) is 0 Å². The number of pyridine rings is 1. The van der Waals surface area contributed by atoms with Crippen LogP contribution in [0.4, 0.5) is 5.69 Å². The number of aryl methyl sites for hydroxylation is 1. The third kappa shape index (κ3) is 5.29. The van der Waals surface area contributed by atoms with Crippen LogP contribution in [0.2, 0.25) is 0 Å². The molecule has 0 radical (unpaired) electrons. The number of hydrogen-bond donors (Lipinski definition) is 0. The molecule has 0 N–H and O–H groups in total. The molecule has 4 aromatic rings. The van der Waals surface area contributed by atoms with E-state index in [1.807, 2.05) is 18.2 Å². The maximum atomic E-state index is 11.9. The highest BCUT2D eigenvalue weighted by Crippen LogP contribution is 2.36. The normalized spacial score (nSPS) is 13.3. The van der Waals surface area contributed by atoms with E-state index in [1.54, 1.807) is 13.0 Å². The predicted molar refractivity (Wildman–Crippen MR) is 145 cm³/mol. The number of halogens is 1. The summed E-state index contributed by atoms with van der Waals surface area (Å²) < 4.78 is 22.5. The van der Waals surface area contributed by atoms with E-state index in [1.165, 1.54) is 24.8 Å². The highest BCUT2D eigenvalue weighted by molar-refractivity contribution is 9.10. The molecule has 0 saturated carbocycles. The smallest absolute Gasteiger partial charge is 0.348 e.